The molecule has 0 saturated heterocycles. The van der Waals surface area contributed by atoms with Crippen LogP contribution in [-0.4, -0.2) is 0 Å². The van der Waals surface area contributed by atoms with Crippen LogP contribution >= 0.6 is 0 Å². The summed E-state index contributed by atoms with van der Waals surface area (Å²) in [5, 5.41) is 0. The van der Waals surface area contributed by atoms with Gasteiger partial charge in [0.05, 0.1) is 0 Å². The summed E-state index contributed by atoms with van der Waals surface area (Å²) in [6.07, 6.45) is 7.05. The van der Waals surface area contributed by atoms with Crippen molar-refractivity contribution >= 4 is 6.08 Å². The highest BCUT2D eigenvalue weighted by Gasteiger charge is 1.97. The van der Waals surface area contributed by atoms with Gasteiger partial charge in [0.15, 0.2) is 0 Å². The van der Waals surface area contributed by atoms with E-state index in [-0.39, 0.29) is 5.92 Å². The minimum Gasteiger partial charge on any atom is -0.103 e. The lowest BCUT2D eigenvalue weighted by atomic mass is 10.0. The van der Waals surface area contributed by atoms with Crippen LogP contribution in [0.1, 0.15) is 17.5 Å². The zero-order chi connectivity index (χ0) is 14.0. The molecule has 0 nitrogen and oxygen atoms in total. The molecule has 0 amide bonds. The molecule has 2 aromatic rings. The summed E-state index contributed by atoms with van der Waals surface area (Å²) in [7, 11) is 0. The van der Waals surface area contributed by atoms with E-state index in [1.54, 1.807) is 0 Å². The molecule has 0 bridgehead atoms. The van der Waals surface area contributed by atoms with Crippen molar-refractivity contribution in [2.45, 2.75) is 6.42 Å². The molecule has 1 unspecified atom stereocenters. The maximum atomic E-state index is 3.81. The summed E-state index contributed by atoms with van der Waals surface area (Å²) in [5.41, 5.74) is 2.25. The third-order valence-corrected chi connectivity index (χ3v) is 2.92. The molecule has 0 saturated carbocycles. The van der Waals surface area contributed by atoms with Gasteiger partial charge in [-0.3, -0.25) is 0 Å². The monoisotopic (exact) mass is 258 g/mol. The van der Waals surface area contributed by atoms with Crippen molar-refractivity contribution < 1.29 is 0 Å². The van der Waals surface area contributed by atoms with Crippen molar-refractivity contribution in [2.75, 3.05) is 0 Å². The van der Waals surface area contributed by atoms with Gasteiger partial charge in [-0.15, -0.1) is 6.58 Å². The van der Waals surface area contributed by atoms with Gasteiger partial charge >= 0.3 is 0 Å². The minimum atomic E-state index is 0.202. The summed E-state index contributed by atoms with van der Waals surface area (Å²) in [4.78, 5) is 0. The maximum Gasteiger partial charge on any atom is 0.0424 e. The molecule has 2 rings (SSSR count). The smallest absolute Gasteiger partial charge is 0.0424 e. The molecule has 0 heteroatoms. The predicted molar refractivity (Wildman–Crippen MR) is 87.1 cm³/mol. The van der Waals surface area contributed by atoms with E-state index in [2.05, 4.69) is 42.7 Å². The number of hydrogen-bond acceptors (Lipinski definition) is 0. The highest BCUT2D eigenvalue weighted by molar-refractivity contribution is 5.50. The molecule has 0 aliphatic heterocycles. The van der Waals surface area contributed by atoms with Crippen LogP contribution < -0.4 is 0 Å². The average molecular weight is 258 g/mol. The van der Waals surface area contributed by atoms with E-state index < -0.39 is 0 Å². The topological polar surface area (TPSA) is 0 Å². The molecule has 2 aromatic carbocycles. The van der Waals surface area contributed by atoms with Crippen LogP contribution in [0.3, 0.4) is 0 Å². The van der Waals surface area contributed by atoms with Crippen LogP contribution in [0, 0.1) is 17.8 Å². The molecule has 0 fully saturated rings. The average Bonchev–Trinajstić information content (AvgIpc) is 2.52. The Hall–Kier alpha value is -2.52. The van der Waals surface area contributed by atoms with Crippen molar-refractivity contribution in [1.29, 1.82) is 0 Å². The fourth-order valence-corrected chi connectivity index (χ4v) is 1.85. The molecule has 1 atom stereocenters. The van der Waals surface area contributed by atoms with Crippen LogP contribution in [0.2, 0.25) is 0 Å². The molecule has 0 radical (unpaired) electrons. The number of rotatable bonds is 4. The molecule has 0 aromatic heterocycles. The molecule has 0 heterocycles. The molecular weight excluding hydrogens is 240 g/mol. The Balaban J connectivity index is 2.10. The van der Waals surface area contributed by atoms with E-state index >= 15 is 0 Å². The highest BCUT2D eigenvalue weighted by Crippen LogP contribution is 2.09. The van der Waals surface area contributed by atoms with Crippen molar-refractivity contribution in [1.82, 2.24) is 0 Å². The zero-order valence-corrected chi connectivity index (χ0v) is 11.5. The Kier molecular flexibility index (Phi) is 5.43. The van der Waals surface area contributed by atoms with Gasteiger partial charge in [0.2, 0.25) is 0 Å². The molecule has 98 valence electrons. The normalized spacial score (nSPS) is 11.6. The van der Waals surface area contributed by atoms with Crippen molar-refractivity contribution in [3.8, 4) is 11.8 Å². The third kappa shape index (κ3) is 4.63. The Morgan fingerprint density at radius 3 is 2.25 bits per heavy atom. The number of allylic oxidation sites excluding steroid dienone is 2. The van der Waals surface area contributed by atoms with Gasteiger partial charge in [0, 0.05) is 11.5 Å². The van der Waals surface area contributed by atoms with E-state index in [1.165, 1.54) is 5.56 Å². The molecule has 0 spiro atoms. The SMILES string of the molecule is C=CCC(C#Cc1ccccc1)/C=C/c1ccccc1. The van der Waals surface area contributed by atoms with Crippen LogP contribution in [0.4, 0.5) is 0 Å². The van der Waals surface area contributed by atoms with E-state index in [4.69, 9.17) is 0 Å². The number of benzene rings is 2. The summed E-state index contributed by atoms with van der Waals surface area (Å²) >= 11 is 0. The van der Waals surface area contributed by atoms with Crippen LogP contribution in [0.5, 0.6) is 0 Å². The van der Waals surface area contributed by atoms with Gasteiger partial charge in [0.1, 0.15) is 0 Å². The largest absolute Gasteiger partial charge is 0.103 e. The van der Waals surface area contributed by atoms with Gasteiger partial charge < -0.3 is 0 Å². The van der Waals surface area contributed by atoms with Crippen LogP contribution in [0.15, 0.2) is 79.4 Å². The van der Waals surface area contributed by atoms with Gasteiger partial charge in [-0.05, 0) is 24.1 Å². The zero-order valence-electron chi connectivity index (χ0n) is 11.5. The summed E-state index contributed by atoms with van der Waals surface area (Å²) in [6.45, 7) is 3.81. The molecule has 0 aliphatic rings. The predicted octanol–water partition coefficient (Wildman–Crippen LogP) is 4.94. The standard InChI is InChI=1S/C20H18/c1-2-9-18(14-16-19-10-5-3-6-11-19)15-17-20-12-7-4-8-13-20/h2-8,10-14,16,18H,1,9H2/b16-14+. The first kappa shape index (κ1) is 13.9. The lowest BCUT2D eigenvalue weighted by molar-refractivity contribution is 0.869. The van der Waals surface area contributed by atoms with Gasteiger partial charge in [-0.25, -0.2) is 0 Å². The van der Waals surface area contributed by atoms with E-state index in [0.29, 0.717) is 0 Å². The summed E-state index contributed by atoms with van der Waals surface area (Å²) < 4.78 is 0. The van der Waals surface area contributed by atoms with E-state index in [9.17, 15) is 0 Å². The van der Waals surface area contributed by atoms with Crippen LogP contribution in [-0.2, 0) is 0 Å². The summed E-state index contributed by atoms with van der Waals surface area (Å²) in [6, 6.07) is 20.3. The first-order valence-electron chi connectivity index (χ1n) is 6.79. The Morgan fingerprint density at radius 1 is 0.950 bits per heavy atom. The van der Waals surface area contributed by atoms with Gasteiger partial charge in [-0.1, -0.05) is 78.6 Å². The van der Waals surface area contributed by atoms with E-state index in [0.717, 1.165) is 12.0 Å². The van der Waals surface area contributed by atoms with Crippen molar-refractivity contribution in [3.05, 3.63) is 90.5 Å². The lowest BCUT2D eigenvalue weighted by Gasteiger charge is -2.01. The Labute approximate surface area is 121 Å². The Bertz CT molecular complexity index is 609. The first-order valence-corrected chi connectivity index (χ1v) is 6.79. The molecule has 0 aliphatic carbocycles. The fourth-order valence-electron chi connectivity index (χ4n) is 1.85. The van der Waals surface area contributed by atoms with Crippen LogP contribution in [0.25, 0.3) is 6.08 Å². The number of hydrogen-bond donors (Lipinski definition) is 0. The minimum absolute atomic E-state index is 0.202. The first-order chi connectivity index (χ1) is 9.88. The van der Waals surface area contributed by atoms with Crippen molar-refractivity contribution in [2.24, 2.45) is 5.92 Å². The molecule has 20 heavy (non-hydrogen) atoms. The van der Waals surface area contributed by atoms with E-state index in [1.807, 2.05) is 54.6 Å². The molecular formula is C20H18. The second kappa shape index (κ2) is 7.81. The fraction of sp³-hybridized carbons (Fsp3) is 0.100. The van der Waals surface area contributed by atoms with Crippen molar-refractivity contribution in [3.63, 3.8) is 0 Å². The highest BCUT2D eigenvalue weighted by atomic mass is 14.0. The quantitative estimate of drug-likeness (QED) is 0.538. The van der Waals surface area contributed by atoms with Gasteiger partial charge in [-0.2, -0.15) is 0 Å². The van der Waals surface area contributed by atoms with Gasteiger partial charge in [0.25, 0.3) is 0 Å². The lowest BCUT2D eigenvalue weighted by Crippen LogP contribution is -1.90. The Morgan fingerprint density at radius 2 is 1.60 bits per heavy atom. The molecule has 0 N–H and O–H groups in total. The second-order valence-electron chi connectivity index (χ2n) is 4.54. The third-order valence-electron chi connectivity index (χ3n) is 2.92. The summed E-state index contributed by atoms with van der Waals surface area (Å²) in [5.74, 6) is 6.72. The second-order valence-corrected chi connectivity index (χ2v) is 4.54. The maximum absolute atomic E-state index is 3.81.